The number of carbonyl (C=O) groups is 1. The molecule has 0 radical (unpaired) electrons. The minimum Gasteiger partial charge on any atom is -0.397 e. The Kier molecular flexibility index (Phi) is 3.90. The van der Waals surface area contributed by atoms with E-state index >= 15 is 0 Å². The van der Waals surface area contributed by atoms with Crippen molar-refractivity contribution in [1.82, 2.24) is 4.98 Å². The number of hydrogen-bond acceptors (Lipinski definition) is 6. The van der Waals surface area contributed by atoms with Crippen LogP contribution in [0.1, 0.15) is 28.9 Å². The van der Waals surface area contributed by atoms with Gasteiger partial charge in [-0.25, -0.2) is 4.98 Å². The van der Waals surface area contributed by atoms with Crippen LogP contribution in [0.15, 0.2) is 22.9 Å². The van der Waals surface area contributed by atoms with Gasteiger partial charge in [-0.3, -0.25) is 4.79 Å². The third-order valence-corrected chi connectivity index (χ3v) is 6.22. The molecule has 24 heavy (non-hydrogen) atoms. The first-order chi connectivity index (χ1) is 11.6. The number of primary amides is 1. The smallest absolute Gasteiger partial charge is 0.260 e. The number of carbonyl (C=O) groups excluding carboxylic acids is 1. The summed E-state index contributed by atoms with van der Waals surface area (Å²) in [5.41, 5.74) is 14.3. The number of anilines is 2. The molecule has 0 bridgehead atoms. The van der Waals surface area contributed by atoms with E-state index in [0.29, 0.717) is 10.6 Å². The summed E-state index contributed by atoms with van der Waals surface area (Å²) in [4.78, 5) is 20.0. The molecular weight excluding hydrogens is 340 g/mol. The molecule has 4 heterocycles. The summed E-state index contributed by atoms with van der Waals surface area (Å²) < 4.78 is 0. The maximum Gasteiger partial charge on any atom is 0.260 e. The molecule has 3 aromatic rings. The molecule has 0 saturated carbocycles. The monoisotopic (exact) mass is 358 g/mol. The van der Waals surface area contributed by atoms with E-state index in [1.165, 1.54) is 30.6 Å². The molecular formula is C17H18N4OS2. The summed E-state index contributed by atoms with van der Waals surface area (Å²) in [6, 6.07) is 4.17. The number of nitrogens with two attached hydrogens (primary N) is 2. The second kappa shape index (κ2) is 6.07. The van der Waals surface area contributed by atoms with E-state index in [0.717, 1.165) is 40.3 Å². The van der Waals surface area contributed by atoms with E-state index in [4.69, 9.17) is 16.5 Å². The number of thiophene rings is 2. The maximum absolute atomic E-state index is 11.7. The van der Waals surface area contributed by atoms with Crippen LogP contribution in [-0.4, -0.2) is 24.0 Å². The number of hydrogen-bond donors (Lipinski definition) is 2. The van der Waals surface area contributed by atoms with Gasteiger partial charge in [0, 0.05) is 18.5 Å². The van der Waals surface area contributed by atoms with Crippen molar-refractivity contribution in [3.63, 3.8) is 0 Å². The molecule has 4 N–H and O–H groups in total. The van der Waals surface area contributed by atoms with Gasteiger partial charge in [0.1, 0.15) is 15.5 Å². The van der Waals surface area contributed by atoms with Crippen molar-refractivity contribution in [2.45, 2.75) is 19.3 Å². The third-order valence-electron chi connectivity index (χ3n) is 4.42. The standard InChI is InChI=1S/C17H18N4OS2/c18-14-13-11(10-4-7-23-9-10)8-12(21-5-2-1-3-6-21)20-17(13)24-15(14)16(19)22/h4,7-9H,1-3,5-6,18H2,(H2,19,22). The molecule has 1 aliphatic rings. The predicted molar refractivity (Wildman–Crippen MR) is 102 cm³/mol. The van der Waals surface area contributed by atoms with Gasteiger partial charge in [0.25, 0.3) is 5.91 Å². The van der Waals surface area contributed by atoms with Crippen molar-refractivity contribution in [2.24, 2.45) is 5.73 Å². The zero-order valence-corrected chi connectivity index (χ0v) is 14.8. The Morgan fingerprint density at radius 3 is 2.71 bits per heavy atom. The van der Waals surface area contributed by atoms with Crippen molar-refractivity contribution >= 4 is 50.3 Å². The molecule has 5 nitrogen and oxygen atoms in total. The van der Waals surface area contributed by atoms with Gasteiger partial charge in [-0.1, -0.05) is 0 Å². The Labute approximate surface area is 147 Å². The Hall–Kier alpha value is -2.12. The van der Waals surface area contributed by atoms with Gasteiger partial charge in [-0.15, -0.1) is 11.3 Å². The molecule has 1 amide bonds. The highest BCUT2D eigenvalue weighted by atomic mass is 32.1. The maximum atomic E-state index is 11.7. The Balaban J connectivity index is 1.95. The van der Waals surface area contributed by atoms with Crippen LogP contribution in [0.25, 0.3) is 21.3 Å². The number of aromatic nitrogens is 1. The van der Waals surface area contributed by atoms with Crippen LogP contribution in [0.4, 0.5) is 11.5 Å². The van der Waals surface area contributed by atoms with Gasteiger partial charge >= 0.3 is 0 Å². The number of pyridine rings is 1. The number of nitrogen functional groups attached to an aromatic ring is 1. The first kappa shape index (κ1) is 15.4. The lowest BCUT2D eigenvalue weighted by Crippen LogP contribution is -2.30. The number of nitrogens with zero attached hydrogens (tertiary/aromatic N) is 2. The summed E-state index contributed by atoms with van der Waals surface area (Å²) in [7, 11) is 0. The molecule has 1 fully saturated rings. The summed E-state index contributed by atoms with van der Waals surface area (Å²) in [5.74, 6) is 0.465. The zero-order chi connectivity index (χ0) is 16.7. The molecule has 0 atom stereocenters. The summed E-state index contributed by atoms with van der Waals surface area (Å²) >= 11 is 2.93. The van der Waals surface area contributed by atoms with Crippen LogP contribution < -0.4 is 16.4 Å². The second-order valence-corrected chi connectivity index (χ2v) is 7.76. The molecule has 0 unspecified atom stereocenters. The van der Waals surface area contributed by atoms with E-state index in [1.54, 1.807) is 11.3 Å². The minimum atomic E-state index is -0.494. The third kappa shape index (κ3) is 2.53. The topological polar surface area (TPSA) is 85.2 Å². The summed E-state index contributed by atoms with van der Waals surface area (Å²) in [6.07, 6.45) is 3.65. The molecule has 124 valence electrons. The average Bonchev–Trinajstić information content (AvgIpc) is 3.23. The molecule has 1 saturated heterocycles. The lowest BCUT2D eigenvalue weighted by molar-refractivity contribution is 0.100. The fourth-order valence-corrected chi connectivity index (χ4v) is 4.84. The van der Waals surface area contributed by atoms with Gasteiger partial charge in [0.2, 0.25) is 0 Å². The minimum absolute atomic E-state index is 0.393. The van der Waals surface area contributed by atoms with Crippen LogP contribution >= 0.6 is 22.7 Å². The van der Waals surface area contributed by atoms with Gasteiger partial charge in [-0.2, -0.15) is 11.3 Å². The van der Waals surface area contributed by atoms with Crippen LogP contribution in [0.3, 0.4) is 0 Å². The van der Waals surface area contributed by atoms with Crippen molar-refractivity contribution in [1.29, 1.82) is 0 Å². The fraction of sp³-hybridized carbons (Fsp3) is 0.294. The highest BCUT2D eigenvalue weighted by molar-refractivity contribution is 7.21. The predicted octanol–water partition coefficient (Wildman–Crippen LogP) is 3.70. The quantitative estimate of drug-likeness (QED) is 0.747. The van der Waals surface area contributed by atoms with Crippen LogP contribution in [-0.2, 0) is 0 Å². The fourth-order valence-electron chi connectivity index (χ4n) is 3.22. The van der Waals surface area contributed by atoms with Crippen molar-refractivity contribution in [3.05, 3.63) is 27.8 Å². The number of fused-ring (bicyclic) bond motifs is 1. The van der Waals surface area contributed by atoms with Crippen LogP contribution in [0, 0.1) is 0 Å². The SMILES string of the molecule is NC(=O)c1sc2nc(N3CCCCC3)cc(-c3ccsc3)c2c1N. The summed E-state index contributed by atoms with van der Waals surface area (Å²) in [6.45, 7) is 2.04. The highest BCUT2D eigenvalue weighted by Crippen LogP contribution is 2.41. The van der Waals surface area contributed by atoms with Crippen molar-refractivity contribution < 1.29 is 4.79 Å². The first-order valence-corrected chi connectivity index (χ1v) is 9.71. The number of amides is 1. The van der Waals surface area contributed by atoms with E-state index in [9.17, 15) is 4.79 Å². The molecule has 0 aromatic carbocycles. The van der Waals surface area contributed by atoms with Crippen LogP contribution in [0.5, 0.6) is 0 Å². The Bertz CT molecular complexity index is 895. The van der Waals surface area contributed by atoms with Crippen molar-refractivity contribution in [3.8, 4) is 11.1 Å². The van der Waals surface area contributed by atoms with E-state index in [2.05, 4.69) is 22.4 Å². The molecule has 1 aliphatic heterocycles. The average molecular weight is 358 g/mol. The molecule has 0 spiro atoms. The second-order valence-electron chi connectivity index (χ2n) is 5.98. The summed E-state index contributed by atoms with van der Waals surface area (Å²) in [5, 5.41) is 4.98. The number of rotatable bonds is 3. The van der Waals surface area contributed by atoms with Gasteiger partial charge in [0.15, 0.2) is 0 Å². The lowest BCUT2D eigenvalue weighted by atomic mass is 10.0. The lowest BCUT2D eigenvalue weighted by Gasteiger charge is -2.28. The van der Waals surface area contributed by atoms with Gasteiger partial charge in [0.05, 0.1) is 5.69 Å². The van der Waals surface area contributed by atoms with Crippen LogP contribution in [0.2, 0.25) is 0 Å². The Morgan fingerprint density at radius 2 is 2.04 bits per heavy atom. The van der Waals surface area contributed by atoms with Gasteiger partial charge < -0.3 is 16.4 Å². The highest BCUT2D eigenvalue weighted by Gasteiger charge is 2.22. The van der Waals surface area contributed by atoms with E-state index in [1.807, 2.05) is 5.38 Å². The molecule has 7 heteroatoms. The molecule has 3 aromatic heterocycles. The molecule has 4 rings (SSSR count). The zero-order valence-electron chi connectivity index (χ0n) is 13.1. The Morgan fingerprint density at radius 1 is 1.25 bits per heavy atom. The largest absolute Gasteiger partial charge is 0.397 e. The number of piperidine rings is 1. The van der Waals surface area contributed by atoms with E-state index < -0.39 is 5.91 Å². The first-order valence-electron chi connectivity index (χ1n) is 7.95. The molecule has 0 aliphatic carbocycles. The van der Waals surface area contributed by atoms with Gasteiger partial charge in [-0.05, 0) is 53.3 Å². The van der Waals surface area contributed by atoms with E-state index in [-0.39, 0.29) is 0 Å². The van der Waals surface area contributed by atoms with Crippen molar-refractivity contribution in [2.75, 3.05) is 23.7 Å². The normalized spacial score (nSPS) is 15.1.